The average molecular weight is 295 g/mol. The molecular formula is C14H25N5O2. The van der Waals surface area contributed by atoms with E-state index < -0.39 is 0 Å². The van der Waals surface area contributed by atoms with Crippen LogP contribution < -0.4 is 16.0 Å². The summed E-state index contributed by atoms with van der Waals surface area (Å²) in [5.41, 5.74) is 5.42. The predicted octanol–water partition coefficient (Wildman–Crippen LogP) is 1.22. The largest absolute Gasteiger partial charge is 0.406 e. The van der Waals surface area contributed by atoms with Crippen molar-refractivity contribution >= 4 is 11.9 Å². The fourth-order valence-electron chi connectivity index (χ4n) is 2.57. The molecule has 0 aromatic carbocycles. The molecule has 1 aliphatic rings. The highest BCUT2D eigenvalue weighted by Gasteiger charge is 2.31. The van der Waals surface area contributed by atoms with E-state index in [-0.39, 0.29) is 23.9 Å². The summed E-state index contributed by atoms with van der Waals surface area (Å²) in [6.45, 7) is 7.66. The van der Waals surface area contributed by atoms with E-state index in [4.69, 9.17) is 10.2 Å². The Labute approximate surface area is 125 Å². The molecule has 1 amide bonds. The summed E-state index contributed by atoms with van der Waals surface area (Å²) >= 11 is 0. The fourth-order valence-corrected chi connectivity index (χ4v) is 2.57. The Morgan fingerprint density at radius 2 is 2.29 bits per heavy atom. The lowest BCUT2D eigenvalue weighted by molar-refractivity contribution is -0.122. The van der Waals surface area contributed by atoms with Gasteiger partial charge in [-0.05, 0) is 39.7 Å². The fraction of sp³-hybridized carbons (Fsp3) is 0.786. The molecule has 2 heterocycles. The summed E-state index contributed by atoms with van der Waals surface area (Å²) in [6.07, 6.45) is 2.77. The quantitative estimate of drug-likeness (QED) is 0.819. The van der Waals surface area contributed by atoms with E-state index in [0.717, 1.165) is 25.8 Å². The van der Waals surface area contributed by atoms with Gasteiger partial charge >= 0.3 is 6.01 Å². The van der Waals surface area contributed by atoms with Crippen LogP contribution in [0.1, 0.15) is 52.0 Å². The van der Waals surface area contributed by atoms with Crippen LogP contribution in [0, 0.1) is 5.92 Å². The molecule has 7 nitrogen and oxygen atoms in total. The van der Waals surface area contributed by atoms with Gasteiger partial charge in [0.2, 0.25) is 11.8 Å². The molecule has 1 fully saturated rings. The maximum absolute atomic E-state index is 11.4. The smallest absolute Gasteiger partial charge is 0.318 e. The zero-order valence-corrected chi connectivity index (χ0v) is 13.0. The van der Waals surface area contributed by atoms with Crippen LogP contribution in [0.5, 0.6) is 0 Å². The van der Waals surface area contributed by atoms with Gasteiger partial charge in [0.25, 0.3) is 0 Å². The molecule has 1 aromatic rings. The van der Waals surface area contributed by atoms with Crippen molar-refractivity contribution in [3.63, 3.8) is 0 Å². The third-order valence-electron chi connectivity index (χ3n) is 4.03. The normalized spacial score (nSPS) is 24.0. The van der Waals surface area contributed by atoms with Crippen molar-refractivity contribution in [3.8, 4) is 0 Å². The van der Waals surface area contributed by atoms with Gasteiger partial charge < -0.3 is 20.4 Å². The first kappa shape index (κ1) is 15.8. The third kappa shape index (κ3) is 3.72. The van der Waals surface area contributed by atoms with Crippen LogP contribution in [0.4, 0.5) is 6.01 Å². The van der Waals surface area contributed by atoms with E-state index in [1.54, 1.807) is 0 Å². The number of aromatic nitrogens is 2. The van der Waals surface area contributed by atoms with Gasteiger partial charge in [0, 0.05) is 12.6 Å². The predicted molar refractivity (Wildman–Crippen MR) is 79.7 cm³/mol. The molecule has 0 bridgehead atoms. The SMILES string of the molecule is CCCNC(C)c1nnc(N2CC(C(N)=O)CCC2C)o1. The number of carbonyl (C=O) groups excluding carboxylic acids is 1. The highest BCUT2D eigenvalue weighted by atomic mass is 16.4. The highest BCUT2D eigenvalue weighted by molar-refractivity contribution is 5.77. The molecule has 1 aromatic heterocycles. The Bertz CT molecular complexity index is 476. The number of nitrogens with zero attached hydrogens (tertiary/aromatic N) is 3. The Balaban J connectivity index is 2.06. The molecule has 21 heavy (non-hydrogen) atoms. The lowest BCUT2D eigenvalue weighted by atomic mass is 9.93. The summed E-state index contributed by atoms with van der Waals surface area (Å²) in [4.78, 5) is 13.4. The summed E-state index contributed by atoms with van der Waals surface area (Å²) in [5, 5.41) is 11.6. The molecule has 1 saturated heterocycles. The number of anilines is 1. The number of piperidine rings is 1. The zero-order chi connectivity index (χ0) is 15.4. The third-order valence-corrected chi connectivity index (χ3v) is 4.03. The van der Waals surface area contributed by atoms with Crippen molar-refractivity contribution < 1.29 is 9.21 Å². The van der Waals surface area contributed by atoms with Crippen molar-refractivity contribution in [2.24, 2.45) is 11.7 Å². The molecule has 1 aliphatic heterocycles. The number of primary amides is 1. The van der Waals surface area contributed by atoms with Crippen LogP contribution in [-0.2, 0) is 4.79 Å². The second-order valence-electron chi connectivity index (χ2n) is 5.78. The number of hydrogen-bond acceptors (Lipinski definition) is 6. The van der Waals surface area contributed by atoms with Gasteiger partial charge in [-0.2, -0.15) is 0 Å². The van der Waals surface area contributed by atoms with E-state index >= 15 is 0 Å². The summed E-state index contributed by atoms with van der Waals surface area (Å²) in [7, 11) is 0. The molecule has 3 atom stereocenters. The van der Waals surface area contributed by atoms with Crippen LogP contribution in [0.2, 0.25) is 0 Å². The van der Waals surface area contributed by atoms with Crippen LogP contribution in [0.25, 0.3) is 0 Å². The Hall–Kier alpha value is -1.63. The molecule has 0 saturated carbocycles. The highest BCUT2D eigenvalue weighted by Crippen LogP contribution is 2.27. The topological polar surface area (TPSA) is 97.3 Å². The van der Waals surface area contributed by atoms with Crippen LogP contribution in [0.15, 0.2) is 4.42 Å². The van der Waals surface area contributed by atoms with Crippen molar-refractivity contribution in [3.05, 3.63) is 5.89 Å². The van der Waals surface area contributed by atoms with Crippen molar-refractivity contribution in [2.45, 2.75) is 52.1 Å². The molecule has 0 spiro atoms. The van der Waals surface area contributed by atoms with E-state index in [0.29, 0.717) is 18.5 Å². The van der Waals surface area contributed by atoms with Gasteiger partial charge in [0.05, 0.1) is 12.0 Å². The van der Waals surface area contributed by atoms with E-state index in [1.807, 2.05) is 11.8 Å². The Morgan fingerprint density at radius 1 is 1.52 bits per heavy atom. The van der Waals surface area contributed by atoms with E-state index in [9.17, 15) is 4.79 Å². The molecule has 0 radical (unpaired) electrons. The lowest BCUT2D eigenvalue weighted by Crippen LogP contribution is -2.46. The van der Waals surface area contributed by atoms with Gasteiger partial charge in [-0.25, -0.2) is 0 Å². The average Bonchev–Trinajstić information content (AvgIpc) is 2.94. The van der Waals surface area contributed by atoms with Gasteiger partial charge in [-0.1, -0.05) is 12.0 Å². The van der Waals surface area contributed by atoms with Gasteiger partial charge in [0.15, 0.2) is 0 Å². The van der Waals surface area contributed by atoms with E-state index in [1.165, 1.54) is 0 Å². The molecule has 3 unspecified atom stereocenters. The van der Waals surface area contributed by atoms with Crippen LogP contribution >= 0.6 is 0 Å². The van der Waals surface area contributed by atoms with Gasteiger partial charge in [-0.15, -0.1) is 5.10 Å². The van der Waals surface area contributed by atoms with Crippen molar-refractivity contribution in [1.29, 1.82) is 0 Å². The maximum atomic E-state index is 11.4. The second kappa shape index (κ2) is 6.89. The molecular weight excluding hydrogens is 270 g/mol. The minimum atomic E-state index is -0.260. The standard InChI is InChI=1S/C14H25N5O2/c1-4-7-16-10(3)13-17-18-14(21-13)19-8-11(12(15)20)6-5-9(19)2/h9-11,16H,4-8H2,1-3H3,(H2,15,20). The monoisotopic (exact) mass is 295 g/mol. The first-order chi connectivity index (χ1) is 10.0. The Kier molecular flexibility index (Phi) is 5.17. The summed E-state index contributed by atoms with van der Waals surface area (Å²) in [6, 6.07) is 0.777. The van der Waals surface area contributed by atoms with E-state index in [2.05, 4.69) is 29.4 Å². The number of nitrogens with two attached hydrogens (primary N) is 1. The minimum absolute atomic E-state index is 0.0261. The number of carbonyl (C=O) groups is 1. The second-order valence-corrected chi connectivity index (χ2v) is 5.78. The Morgan fingerprint density at radius 3 is 2.95 bits per heavy atom. The van der Waals surface area contributed by atoms with Crippen LogP contribution in [-0.4, -0.2) is 35.2 Å². The van der Waals surface area contributed by atoms with Crippen molar-refractivity contribution in [2.75, 3.05) is 18.0 Å². The molecule has 7 heteroatoms. The van der Waals surface area contributed by atoms with Crippen molar-refractivity contribution in [1.82, 2.24) is 15.5 Å². The van der Waals surface area contributed by atoms with Crippen LogP contribution in [0.3, 0.4) is 0 Å². The first-order valence-electron chi connectivity index (χ1n) is 7.65. The molecule has 118 valence electrons. The molecule has 3 N–H and O–H groups in total. The number of nitrogens with one attached hydrogen (secondary N) is 1. The zero-order valence-electron chi connectivity index (χ0n) is 13.0. The summed E-state index contributed by atoms with van der Waals surface area (Å²) in [5.74, 6) is 0.170. The summed E-state index contributed by atoms with van der Waals surface area (Å²) < 4.78 is 5.77. The molecule has 2 rings (SSSR count). The lowest BCUT2D eigenvalue weighted by Gasteiger charge is -2.35. The molecule has 0 aliphatic carbocycles. The van der Waals surface area contributed by atoms with Gasteiger partial charge in [0.1, 0.15) is 0 Å². The number of hydrogen-bond donors (Lipinski definition) is 2. The maximum Gasteiger partial charge on any atom is 0.318 e. The minimum Gasteiger partial charge on any atom is -0.406 e. The first-order valence-corrected chi connectivity index (χ1v) is 7.65. The van der Waals surface area contributed by atoms with Gasteiger partial charge in [-0.3, -0.25) is 4.79 Å². The number of rotatable bonds is 6. The number of amides is 1.